The maximum absolute atomic E-state index is 14.8. The van der Waals surface area contributed by atoms with Crippen LogP contribution in [0.3, 0.4) is 0 Å². The van der Waals surface area contributed by atoms with E-state index in [2.05, 4.69) is 4.98 Å². The van der Waals surface area contributed by atoms with Crippen molar-refractivity contribution in [2.75, 3.05) is 7.11 Å². The van der Waals surface area contributed by atoms with Crippen LogP contribution in [0.4, 0.5) is 4.39 Å². The zero-order chi connectivity index (χ0) is 22.1. The number of nitrogens with zero attached hydrogens (tertiary/aromatic N) is 2. The van der Waals surface area contributed by atoms with Gasteiger partial charge in [-0.15, -0.1) is 0 Å². The summed E-state index contributed by atoms with van der Waals surface area (Å²) in [6, 6.07) is 11.2. The number of esters is 1. The van der Waals surface area contributed by atoms with E-state index in [1.54, 1.807) is 37.5 Å². The first kappa shape index (κ1) is 20.3. The summed E-state index contributed by atoms with van der Waals surface area (Å²) in [6.45, 7) is 2.01. The summed E-state index contributed by atoms with van der Waals surface area (Å²) >= 11 is 0. The first-order chi connectivity index (χ1) is 14.9. The molecular weight excluding hydrogens is 401 g/mol. The average Bonchev–Trinajstić information content (AvgIpc) is 2.76. The average molecular weight is 421 g/mol. The standard InChI is InChI=1S/C23H20FN3O4/c1-13-10-17-19(22(28)27(13)12-14-6-5-9-26-11-14)18(15-7-3-4-8-16(15)24)20(21(25)31-17)23(29)30-2/h3-11,18H,12,25H2,1-2H3. The second-order valence-electron chi connectivity index (χ2n) is 7.14. The number of aromatic nitrogens is 2. The Morgan fingerprint density at radius 3 is 2.74 bits per heavy atom. The number of halogens is 1. The second kappa shape index (κ2) is 8.06. The molecule has 0 saturated carbocycles. The van der Waals surface area contributed by atoms with Gasteiger partial charge in [-0.05, 0) is 24.6 Å². The van der Waals surface area contributed by atoms with Crippen LogP contribution >= 0.6 is 0 Å². The van der Waals surface area contributed by atoms with Gasteiger partial charge >= 0.3 is 5.97 Å². The molecule has 0 radical (unpaired) electrons. The molecule has 2 aromatic heterocycles. The molecule has 8 heteroatoms. The minimum Gasteiger partial charge on any atom is -0.465 e. The van der Waals surface area contributed by atoms with Crippen LogP contribution in [-0.2, 0) is 16.1 Å². The van der Waals surface area contributed by atoms with Crippen LogP contribution in [0.25, 0.3) is 0 Å². The highest BCUT2D eigenvalue weighted by Gasteiger charge is 2.39. The van der Waals surface area contributed by atoms with Crippen molar-refractivity contribution in [3.8, 4) is 5.75 Å². The Balaban J connectivity index is 1.97. The largest absolute Gasteiger partial charge is 0.465 e. The van der Waals surface area contributed by atoms with Gasteiger partial charge in [0.2, 0.25) is 5.88 Å². The molecule has 1 unspecified atom stereocenters. The normalized spacial score (nSPS) is 15.3. The molecule has 0 aliphatic carbocycles. The number of methoxy groups -OCH3 is 1. The number of ether oxygens (including phenoxy) is 2. The van der Waals surface area contributed by atoms with Crippen LogP contribution in [0.5, 0.6) is 5.75 Å². The summed E-state index contributed by atoms with van der Waals surface area (Å²) < 4.78 is 26.8. The molecule has 158 valence electrons. The first-order valence-electron chi connectivity index (χ1n) is 9.55. The number of aryl methyl sites for hydroxylation is 1. The van der Waals surface area contributed by atoms with Gasteiger partial charge in [-0.25, -0.2) is 9.18 Å². The summed E-state index contributed by atoms with van der Waals surface area (Å²) in [6.07, 6.45) is 3.30. The summed E-state index contributed by atoms with van der Waals surface area (Å²) in [5.41, 5.74) is 7.18. The molecule has 1 atom stereocenters. The van der Waals surface area contributed by atoms with Crippen LogP contribution < -0.4 is 16.0 Å². The lowest BCUT2D eigenvalue weighted by Crippen LogP contribution is -2.35. The molecule has 31 heavy (non-hydrogen) atoms. The zero-order valence-electron chi connectivity index (χ0n) is 17.0. The van der Waals surface area contributed by atoms with E-state index in [1.807, 2.05) is 6.07 Å². The van der Waals surface area contributed by atoms with Gasteiger partial charge < -0.3 is 19.8 Å². The lowest BCUT2D eigenvalue weighted by atomic mass is 9.83. The van der Waals surface area contributed by atoms with Crippen molar-refractivity contribution in [2.45, 2.75) is 19.4 Å². The molecule has 0 amide bonds. The summed E-state index contributed by atoms with van der Waals surface area (Å²) in [5, 5.41) is 0. The van der Waals surface area contributed by atoms with Crippen molar-refractivity contribution in [3.63, 3.8) is 0 Å². The number of benzene rings is 1. The van der Waals surface area contributed by atoms with Crippen molar-refractivity contribution in [2.24, 2.45) is 5.73 Å². The predicted molar refractivity (Wildman–Crippen MR) is 111 cm³/mol. The topological polar surface area (TPSA) is 96.4 Å². The van der Waals surface area contributed by atoms with Crippen molar-refractivity contribution < 1.29 is 18.7 Å². The maximum Gasteiger partial charge on any atom is 0.340 e. The fourth-order valence-electron chi connectivity index (χ4n) is 3.79. The summed E-state index contributed by atoms with van der Waals surface area (Å²) in [7, 11) is 1.19. The molecule has 1 aliphatic rings. The van der Waals surface area contributed by atoms with Gasteiger partial charge in [0.25, 0.3) is 5.56 Å². The molecule has 4 rings (SSSR count). The van der Waals surface area contributed by atoms with Crippen LogP contribution in [0.2, 0.25) is 0 Å². The van der Waals surface area contributed by atoms with E-state index in [1.165, 1.54) is 29.9 Å². The van der Waals surface area contributed by atoms with E-state index >= 15 is 0 Å². The molecular formula is C23H20FN3O4. The fourth-order valence-corrected chi connectivity index (χ4v) is 3.79. The van der Waals surface area contributed by atoms with Gasteiger partial charge in [0.1, 0.15) is 17.1 Å². The van der Waals surface area contributed by atoms with Crippen LogP contribution in [0.1, 0.15) is 28.3 Å². The number of pyridine rings is 2. The third kappa shape index (κ3) is 3.56. The van der Waals surface area contributed by atoms with Gasteiger partial charge in [-0.2, -0.15) is 0 Å². The minimum absolute atomic E-state index is 0.117. The molecule has 3 heterocycles. The van der Waals surface area contributed by atoms with Crippen LogP contribution in [0, 0.1) is 12.7 Å². The van der Waals surface area contributed by atoms with E-state index in [-0.39, 0.29) is 34.9 Å². The van der Waals surface area contributed by atoms with Gasteiger partial charge in [0.15, 0.2) is 0 Å². The number of fused-ring (bicyclic) bond motifs is 1. The Labute approximate surface area is 177 Å². The van der Waals surface area contributed by atoms with Crippen molar-refractivity contribution >= 4 is 5.97 Å². The zero-order valence-corrected chi connectivity index (χ0v) is 17.0. The Hall–Kier alpha value is -3.94. The molecule has 0 fully saturated rings. The number of hydrogen-bond donors (Lipinski definition) is 1. The van der Waals surface area contributed by atoms with Gasteiger partial charge in [-0.1, -0.05) is 24.3 Å². The molecule has 0 bridgehead atoms. The van der Waals surface area contributed by atoms with E-state index in [0.717, 1.165) is 5.56 Å². The quantitative estimate of drug-likeness (QED) is 0.651. The second-order valence-corrected chi connectivity index (χ2v) is 7.14. The highest BCUT2D eigenvalue weighted by molar-refractivity contribution is 5.92. The third-order valence-corrected chi connectivity index (χ3v) is 5.25. The molecule has 7 nitrogen and oxygen atoms in total. The molecule has 1 aliphatic heterocycles. The maximum atomic E-state index is 14.8. The van der Waals surface area contributed by atoms with E-state index in [4.69, 9.17) is 15.2 Å². The van der Waals surface area contributed by atoms with Crippen molar-refractivity contribution in [1.82, 2.24) is 9.55 Å². The lowest BCUT2D eigenvalue weighted by molar-refractivity contribution is -0.136. The van der Waals surface area contributed by atoms with E-state index < -0.39 is 23.3 Å². The molecule has 1 aromatic carbocycles. The molecule has 0 saturated heterocycles. The number of rotatable bonds is 4. The van der Waals surface area contributed by atoms with Crippen molar-refractivity contribution in [1.29, 1.82) is 0 Å². The van der Waals surface area contributed by atoms with Gasteiger partial charge in [-0.3, -0.25) is 9.78 Å². The highest BCUT2D eigenvalue weighted by atomic mass is 19.1. The minimum atomic E-state index is -1.08. The first-order valence-corrected chi connectivity index (χ1v) is 9.55. The highest BCUT2D eigenvalue weighted by Crippen LogP contribution is 2.42. The lowest BCUT2D eigenvalue weighted by Gasteiger charge is -2.29. The Bertz CT molecular complexity index is 1250. The SMILES string of the molecule is COC(=O)C1=C(N)Oc2cc(C)n(Cc3cccnc3)c(=O)c2C1c1ccccc1F. The van der Waals surface area contributed by atoms with Crippen LogP contribution in [-0.4, -0.2) is 22.6 Å². The van der Waals surface area contributed by atoms with E-state index in [0.29, 0.717) is 5.69 Å². The Kier molecular flexibility index (Phi) is 5.29. The number of nitrogens with two attached hydrogens (primary N) is 1. The van der Waals surface area contributed by atoms with Gasteiger partial charge in [0.05, 0.1) is 25.1 Å². The summed E-state index contributed by atoms with van der Waals surface area (Å²) in [5.74, 6) is -2.49. The number of carbonyl (C=O) groups is 1. The molecule has 2 N–H and O–H groups in total. The predicted octanol–water partition coefficient (Wildman–Crippen LogP) is 2.61. The smallest absolute Gasteiger partial charge is 0.340 e. The summed E-state index contributed by atoms with van der Waals surface area (Å²) in [4.78, 5) is 30.3. The fraction of sp³-hybridized carbons (Fsp3) is 0.174. The Morgan fingerprint density at radius 2 is 2.06 bits per heavy atom. The molecule has 3 aromatic rings. The molecule has 0 spiro atoms. The van der Waals surface area contributed by atoms with Gasteiger partial charge in [0, 0.05) is 29.7 Å². The third-order valence-electron chi connectivity index (χ3n) is 5.25. The van der Waals surface area contributed by atoms with E-state index in [9.17, 15) is 14.0 Å². The monoisotopic (exact) mass is 421 g/mol. The Morgan fingerprint density at radius 1 is 1.29 bits per heavy atom. The van der Waals surface area contributed by atoms with Crippen LogP contribution in [0.15, 0.2) is 71.1 Å². The number of carbonyl (C=O) groups excluding carboxylic acids is 1. The van der Waals surface area contributed by atoms with Crippen molar-refractivity contribution in [3.05, 3.63) is 105 Å². The number of hydrogen-bond acceptors (Lipinski definition) is 6.